The second-order valence-corrected chi connectivity index (χ2v) is 11.4. The number of carbonyl (C=O) groups is 3. The Labute approximate surface area is 243 Å². The minimum absolute atomic E-state index is 0.106. The predicted octanol–water partition coefficient (Wildman–Crippen LogP) is 4.62. The van der Waals surface area contributed by atoms with E-state index in [1.54, 1.807) is 25.4 Å². The molecule has 2 fully saturated rings. The van der Waals surface area contributed by atoms with Crippen LogP contribution in [0.3, 0.4) is 0 Å². The summed E-state index contributed by atoms with van der Waals surface area (Å²) < 4.78 is 16.6. The zero-order valence-corrected chi connectivity index (χ0v) is 24.1. The number of hydrogen-bond acceptors (Lipinski definition) is 7. The van der Waals surface area contributed by atoms with E-state index in [9.17, 15) is 18.8 Å². The minimum atomic E-state index is -1.34. The molecule has 1 aliphatic carbocycles. The van der Waals surface area contributed by atoms with Gasteiger partial charge in [0.1, 0.15) is 40.7 Å². The number of anilines is 1. The second kappa shape index (κ2) is 10.7. The van der Waals surface area contributed by atoms with Gasteiger partial charge in [0, 0.05) is 36.7 Å². The van der Waals surface area contributed by atoms with Crippen molar-refractivity contribution >= 4 is 50.2 Å². The number of carbonyl (C=O) groups excluding carboxylic acids is 3. The maximum atomic E-state index is 14.6. The summed E-state index contributed by atoms with van der Waals surface area (Å²) in [5.74, 6) is 0.209. The topological polar surface area (TPSA) is 123 Å². The first kappa shape index (κ1) is 27.1. The SMILES string of the molecule is CC(=O)c1nn(CC(=O)N2C[C@H](F)C[C@H]2C(=O)Nc2nc(Br)ccc2C2CC2)c2ccc(-c3cnc(C)nc3)cc12. The zero-order valence-electron chi connectivity index (χ0n) is 22.5. The summed E-state index contributed by atoms with van der Waals surface area (Å²) in [5.41, 5.74) is 3.31. The first-order valence-corrected chi connectivity index (χ1v) is 14.2. The maximum absolute atomic E-state index is 14.6. The van der Waals surface area contributed by atoms with Gasteiger partial charge in [-0.05, 0) is 70.9 Å². The van der Waals surface area contributed by atoms with E-state index in [-0.39, 0.29) is 31.0 Å². The summed E-state index contributed by atoms with van der Waals surface area (Å²) in [6.07, 6.45) is 4.00. The highest BCUT2D eigenvalue weighted by atomic mass is 79.9. The van der Waals surface area contributed by atoms with Gasteiger partial charge in [0.25, 0.3) is 0 Å². The van der Waals surface area contributed by atoms with E-state index in [0.29, 0.717) is 33.1 Å². The van der Waals surface area contributed by atoms with Crippen LogP contribution in [0.1, 0.15) is 54.0 Å². The number of hydrogen-bond donors (Lipinski definition) is 1. The van der Waals surface area contributed by atoms with Crippen LogP contribution in [0.15, 0.2) is 47.3 Å². The van der Waals surface area contributed by atoms with Gasteiger partial charge in [-0.3, -0.25) is 19.1 Å². The van der Waals surface area contributed by atoms with Crippen molar-refractivity contribution in [3.63, 3.8) is 0 Å². The molecule has 0 bridgehead atoms. The minimum Gasteiger partial charge on any atom is -0.326 e. The van der Waals surface area contributed by atoms with E-state index in [1.165, 1.54) is 16.5 Å². The van der Waals surface area contributed by atoms with E-state index >= 15 is 0 Å². The Bertz CT molecular complexity index is 1690. The van der Waals surface area contributed by atoms with Crippen molar-refractivity contribution in [3.05, 3.63) is 64.4 Å². The van der Waals surface area contributed by atoms with E-state index < -0.39 is 24.0 Å². The van der Waals surface area contributed by atoms with Crippen molar-refractivity contribution in [2.75, 3.05) is 11.9 Å². The Morgan fingerprint density at radius 3 is 2.56 bits per heavy atom. The molecule has 0 unspecified atom stereocenters. The molecule has 12 heteroatoms. The van der Waals surface area contributed by atoms with Gasteiger partial charge in [-0.15, -0.1) is 0 Å². The molecule has 2 aliphatic rings. The smallest absolute Gasteiger partial charge is 0.248 e. The summed E-state index contributed by atoms with van der Waals surface area (Å²) in [5, 5.41) is 7.85. The van der Waals surface area contributed by atoms with Gasteiger partial charge in [-0.25, -0.2) is 19.3 Å². The van der Waals surface area contributed by atoms with Gasteiger partial charge < -0.3 is 10.2 Å². The molecule has 1 N–H and O–H groups in total. The first-order valence-electron chi connectivity index (χ1n) is 13.4. The number of rotatable bonds is 7. The molecule has 1 saturated heterocycles. The zero-order chi connectivity index (χ0) is 28.8. The van der Waals surface area contributed by atoms with Crippen LogP contribution in [0, 0.1) is 6.92 Å². The van der Waals surface area contributed by atoms with Crippen LogP contribution < -0.4 is 5.32 Å². The average Bonchev–Trinajstić information content (AvgIpc) is 3.61. The van der Waals surface area contributed by atoms with Crippen LogP contribution in [-0.2, 0) is 16.1 Å². The summed E-state index contributed by atoms with van der Waals surface area (Å²) in [6, 6.07) is 8.20. The monoisotopic (exact) mass is 619 g/mol. The van der Waals surface area contributed by atoms with Crippen LogP contribution >= 0.6 is 15.9 Å². The fraction of sp³-hybridized carbons (Fsp3) is 0.345. The molecule has 3 aromatic heterocycles. The molecular weight excluding hydrogens is 593 g/mol. The van der Waals surface area contributed by atoms with Gasteiger partial charge >= 0.3 is 0 Å². The summed E-state index contributed by atoms with van der Waals surface area (Å²) >= 11 is 3.35. The molecule has 0 radical (unpaired) electrons. The molecule has 6 rings (SSSR count). The van der Waals surface area contributed by atoms with Crippen LogP contribution in [0.25, 0.3) is 22.0 Å². The van der Waals surface area contributed by atoms with Crippen molar-refractivity contribution in [1.82, 2.24) is 29.6 Å². The van der Waals surface area contributed by atoms with E-state index in [0.717, 1.165) is 29.5 Å². The molecule has 1 saturated carbocycles. The first-order chi connectivity index (χ1) is 19.7. The highest BCUT2D eigenvalue weighted by Crippen LogP contribution is 2.43. The number of nitrogens with one attached hydrogen (secondary N) is 1. The molecule has 41 heavy (non-hydrogen) atoms. The van der Waals surface area contributed by atoms with Gasteiger partial charge in [-0.1, -0.05) is 12.1 Å². The van der Waals surface area contributed by atoms with Crippen molar-refractivity contribution in [3.8, 4) is 11.1 Å². The number of nitrogens with zero attached hydrogens (tertiary/aromatic N) is 6. The number of amides is 2. The highest BCUT2D eigenvalue weighted by Gasteiger charge is 2.40. The Hall–Kier alpha value is -4.06. The molecular formula is C29H27BrFN7O3. The average molecular weight is 620 g/mol. The van der Waals surface area contributed by atoms with Crippen molar-refractivity contribution < 1.29 is 18.8 Å². The fourth-order valence-electron chi connectivity index (χ4n) is 5.28. The van der Waals surface area contributed by atoms with Gasteiger partial charge in [0.2, 0.25) is 11.8 Å². The molecule has 2 amide bonds. The molecule has 10 nitrogen and oxygen atoms in total. The standard InChI is InChI=1S/C29H27BrFN7O3/c1-15(39)27-22-9-18(19-11-32-16(2)33-12-19)5-7-23(22)38(36-27)14-26(40)37-13-20(31)10-24(37)29(41)35-28-21(17-3-4-17)6-8-25(30)34-28/h5-9,11-12,17,20,24H,3-4,10,13-14H2,1-2H3,(H,34,35,41)/t20-,24+/m1/s1. The Morgan fingerprint density at radius 2 is 1.85 bits per heavy atom. The lowest BCUT2D eigenvalue weighted by molar-refractivity contribution is -0.137. The van der Waals surface area contributed by atoms with Gasteiger partial charge in [0.15, 0.2) is 5.78 Å². The quantitative estimate of drug-likeness (QED) is 0.236. The molecule has 1 aliphatic heterocycles. The molecule has 4 heterocycles. The van der Waals surface area contributed by atoms with Crippen LogP contribution in [0.5, 0.6) is 0 Å². The number of aryl methyl sites for hydroxylation is 1. The molecule has 1 aromatic carbocycles. The second-order valence-electron chi connectivity index (χ2n) is 10.5. The number of fused-ring (bicyclic) bond motifs is 1. The normalized spacial score (nSPS) is 18.6. The van der Waals surface area contributed by atoms with Gasteiger partial charge in [0.05, 0.1) is 12.1 Å². The number of ketones is 1. The van der Waals surface area contributed by atoms with E-state index in [2.05, 4.69) is 41.3 Å². The summed E-state index contributed by atoms with van der Waals surface area (Å²) in [6.45, 7) is 2.75. The van der Waals surface area contributed by atoms with E-state index in [1.807, 2.05) is 24.3 Å². The molecule has 210 valence electrons. The third kappa shape index (κ3) is 5.48. The van der Waals surface area contributed by atoms with Gasteiger partial charge in [-0.2, -0.15) is 5.10 Å². The largest absolute Gasteiger partial charge is 0.326 e. The van der Waals surface area contributed by atoms with Crippen LogP contribution in [0.4, 0.5) is 10.2 Å². The lowest BCUT2D eigenvalue weighted by Gasteiger charge is -2.24. The summed E-state index contributed by atoms with van der Waals surface area (Å²) in [4.78, 5) is 53.4. The highest BCUT2D eigenvalue weighted by molar-refractivity contribution is 9.10. The Balaban J connectivity index is 1.25. The van der Waals surface area contributed by atoms with Crippen LogP contribution in [-0.4, -0.2) is 66.0 Å². The van der Waals surface area contributed by atoms with Crippen LogP contribution in [0.2, 0.25) is 0 Å². The number of halogens is 2. The molecule has 4 aromatic rings. The van der Waals surface area contributed by atoms with Crippen molar-refractivity contribution in [2.45, 2.75) is 57.8 Å². The number of benzene rings is 1. The lowest BCUT2D eigenvalue weighted by Crippen LogP contribution is -2.44. The van der Waals surface area contributed by atoms with E-state index in [4.69, 9.17) is 0 Å². The number of pyridine rings is 1. The molecule has 0 spiro atoms. The third-order valence-electron chi connectivity index (χ3n) is 7.51. The molecule has 2 atom stereocenters. The number of likely N-dealkylation sites (tertiary alicyclic amines) is 1. The number of aromatic nitrogens is 5. The lowest BCUT2D eigenvalue weighted by atomic mass is 10.0. The Morgan fingerprint density at radius 1 is 1.10 bits per heavy atom. The predicted molar refractivity (Wildman–Crippen MR) is 153 cm³/mol. The third-order valence-corrected chi connectivity index (χ3v) is 7.95. The van der Waals surface area contributed by atoms with Crippen molar-refractivity contribution in [1.29, 1.82) is 0 Å². The van der Waals surface area contributed by atoms with Crippen molar-refractivity contribution in [2.24, 2.45) is 0 Å². The maximum Gasteiger partial charge on any atom is 0.248 e. The fourth-order valence-corrected chi connectivity index (χ4v) is 5.59. The number of Topliss-reactive ketones (excluding diaryl/α,β-unsaturated/α-hetero) is 1. The summed E-state index contributed by atoms with van der Waals surface area (Å²) in [7, 11) is 0. The number of alkyl halides is 1. The Kier molecular flexibility index (Phi) is 7.10.